The highest BCUT2D eigenvalue weighted by Gasteiger charge is 2.16. The van der Waals surface area contributed by atoms with Crippen molar-refractivity contribution in [3.8, 4) is 0 Å². The van der Waals surface area contributed by atoms with Crippen LogP contribution in [-0.2, 0) is 4.74 Å². The second-order valence-corrected chi connectivity index (χ2v) is 4.32. The molecule has 1 heterocycles. The van der Waals surface area contributed by atoms with Gasteiger partial charge in [0.25, 0.3) is 0 Å². The lowest BCUT2D eigenvalue weighted by Crippen LogP contribution is -2.36. The van der Waals surface area contributed by atoms with E-state index in [0.29, 0.717) is 18.9 Å². The average Bonchev–Trinajstić information content (AvgIpc) is 2.38. The molecule has 0 radical (unpaired) electrons. The Morgan fingerprint density at radius 1 is 1.35 bits per heavy atom. The quantitative estimate of drug-likeness (QED) is 0.871. The Balaban J connectivity index is 2.18. The normalized spacial score (nSPS) is 18.2. The average molecular weight is 238 g/mol. The molecule has 94 valence electrons. The van der Waals surface area contributed by atoms with E-state index in [-0.39, 0.29) is 11.9 Å². The predicted octanol–water partition coefficient (Wildman–Crippen LogP) is 1.94. The van der Waals surface area contributed by atoms with E-state index in [9.17, 15) is 4.39 Å². The Labute approximate surface area is 102 Å². The summed E-state index contributed by atoms with van der Waals surface area (Å²) in [5, 5.41) is 3.11. The van der Waals surface area contributed by atoms with Crippen LogP contribution in [0.5, 0.6) is 0 Å². The van der Waals surface area contributed by atoms with Crippen LogP contribution in [0.4, 0.5) is 10.1 Å². The fourth-order valence-corrected chi connectivity index (χ4v) is 2.02. The van der Waals surface area contributed by atoms with Crippen molar-refractivity contribution in [2.24, 2.45) is 0 Å². The molecule has 0 bridgehead atoms. The highest BCUT2D eigenvalue weighted by Crippen LogP contribution is 2.24. The highest BCUT2D eigenvalue weighted by molar-refractivity contribution is 5.49. The van der Waals surface area contributed by atoms with Gasteiger partial charge in [-0.2, -0.15) is 0 Å². The number of halogens is 1. The first kappa shape index (κ1) is 12.3. The zero-order chi connectivity index (χ0) is 12.3. The van der Waals surface area contributed by atoms with Crippen molar-refractivity contribution in [2.75, 3.05) is 38.3 Å². The third-order valence-electron chi connectivity index (χ3n) is 3.26. The maximum atomic E-state index is 14.0. The Bertz CT molecular complexity index is 378. The summed E-state index contributed by atoms with van der Waals surface area (Å²) < 4.78 is 19.3. The minimum Gasteiger partial charge on any atom is -0.378 e. The van der Waals surface area contributed by atoms with Crippen LogP contribution < -0.4 is 10.2 Å². The lowest BCUT2D eigenvalue weighted by molar-refractivity contribution is 0.122. The summed E-state index contributed by atoms with van der Waals surface area (Å²) >= 11 is 0. The number of morpholine rings is 1. The molecule has 2 rings (SSSR count). The molecule has 3 nitrogen and oxygen atoms in total. The number of hydrogen-bond donors (Lipinski definition) is 1. The zero-order valence-corrected chi connectivity index (χ0v) is 10.4. The number of rotatable bonds is 3. The summed E-state index contributed by atoms with van der Waals surface area (Å²) in [6, 6.07) is 5.63. The second-order valence-electron chi connectivity index (χ2n) is 4.32. The van der Waals surface area contributed by atoms with E-state index in [0.717, 1.165) is 18.7 Å². The van der Waals surface area contributed by atoms with E-state index in [2.05, 4.69) is 5.32 Å². The number of anilines is 1. The van der Waals surface area contributed by atoms with Gasteiger partial charge in [0.05, 0.1) is 18.9 Å². The summed E-state index contributed by atoms with van der Waals surface area (Å²) in [5.74, 6) is -0.147. The fraction of sp³-hybridized carbons (Fsp3) is 0.538. The van der Waals surface area contributed by atoms with Crippen molar-refractivity contribution < 1.29 is 9.13 Å². The van der Waals surface area contributed by atoms with Crippen molar-refractivity contribution in [3.05, 3.63) is 29.6 Å². The first-order valence-corrected chi connectivity index (χ1v) is 6.02. The monoisotopic (exact) mass is 238 g/mol. The lowest BCUT2D eigenvalue weighted by Gasteiger charge is -2.29. The zero-order valence-electron chi connectivity index (χ0n) is 10.4. The van der Waals surface area contributed by atoms with Crippen LogP contribution in [0.3, 0.4) is 0 Å². The molecule has 1 saturated heterocycles. The molecule has 4 heteroatoms. The van der Waals surface area contributed by atoms with Crippen molar-refractivity contribution in [1.82, 2.24) is 5.32 Å². The summed E-state index contributed by atoms with van der Waals surface area (Å²) in [4.78, 5) is 2.03. The van der Waals surface area contributed by atoms with Crippen molar-refractivity contribution in [2.45, 2.75) is 13.0 Å². The largest absolute Gasteiger partial charge is 0.378 e. The summed E-state index contributed by atoms with van der Waals surface area (Å²) in [6.45, 7) is 4.89. The molecule has 1 atom stereocenters. The summed E-state index contributed by atoms with van der Waals surface area (Å²) in [5.41, 5.74) is 1.65. The van der Waals surface area contributed by atoms with Gasteiger partial charge in [-0.15, -0.1) is 0 Å². The van der Waals surface area contributed by atoms with E-state index >= 15 is 0 Å². The number of nitrogens with one attached hydrogen (secondary N) is 1. The highest BCUT2D eigenvalue weighted by atomic mass is 19.1. The minimum absolute atomic E-state index is 0.147. The van der Waals surface area contributed by atoms with Gasteiger partial charge in [-0.25, -0.2) is 4.39 Å². The standard InChI is InChI=1S/C13H19FN2O/c1-10(15-2)11-3-4-13(12(14)9-11)16-5-7-17-8-6-16/h3-4,9-10,15H,5-8H2,1-2H3. The van der Waals surface area contributed by atoms with Gasteiger partial charge in [0.1, 0.15) is 5.82 Å². The molecule has 1 unspecified atom stereocenters. The Kier molecular flexibility index (Phi) is 3.97. The third kappa shape index (κ3) is 2.76. The van der Waals surface area contributed by atoms with Gasteiger partial charge in [-0.3, -0.25) is 0 Å². The lowest BCUT2D eigenvalue weighted by atomic mass is 10.1. The van der Waals surface area contributed by atoms with Gasteiger partial charge in [0.2, 0.25) is 0 Å². The number of hydrogen-bond acceptors (Lipinski definition) is 3. The van der Waals surface area contributed by atoms with E-state index in [1.807, 2.05) is 31.0 Å². The molecular weight excluding hydrogens is 219 g/mol. The SMILES string of the molecule is CNC(C)c1ccc(N2CCOCC2)c(F)c1. The molecule has 1 N–H and O–H groups in total. The number of ether oxygens (including phenoxy) is 1. The molecule has 1 aliphatic rings. The van der Waals surface area contributed by atoms with Gasteiger partial charge < -0.3 is 15.0 Å². The van der Waals surface area contributed by atoms with E-state index < -0.39 is 0 Å². The van der Waals surface area contributed by atoms with Gasteiger partial charge in [0.15, 0.2) is 0 Å². The van der Waals surface area contributed by atoms with Crippen LogP contribution in [0.2, 0.25) is 0 Å². The maximum Gasteiger partial charge on any atom is 0.146 e. The minimum atomic E-state index is -0.147. The maximum absolute atomic E-state index is 14.0. The van der Waals surface area contributed by atoms with Gasteiger partial charge >= 0.3 is 0 Å². The molecule has 1 aliphatic heterocycles. The molecule has 0 saturated carbocycles. The molecule has 0 spiro atoms. The molecular formula is C13H19FN2O. The van der Waals surface area contributed by atoms with Crippen molar-refractivity contribution >= 4 is 5.69 Å². The van der Waals surface area contributed by atoms with Crippen molar-refractivity contribution in [3.63, 3.8) is 0 Å². The van der Waals surface area contributed by atoms with Crippen LogP contribution in [0.25, 0.3) is 0 Å². The summed E-state index contributed by atoms with van der Waals surface area (Å²) in [7, 11) is 1.87. The molecule has 0 amide bonds. The van der Waals surface area contributed by atoms with Crippen LogP contribution in [-0.4, -0.2) is 33.4 Å². The van der Waals surface area contributed by atoms with Gasteiger partial charge in [-0.1, -0.05) is 6.07 Å². The van der Waals surface area contributed by atoms with E-state index in [1.165, 1.54) is 0 Å². The van der Waals surface area contributed by atoms with Crippen LogP contribution in [0.15, 0.2) is 18.2 Å². The molecule has 0 aromatic heterocycles. The molecule has 17 heavy (non-hydrogen) atoms. The smallest absolute Gasteiger partial charge is 0.146 e. The molecule has 1 aromatic rings. The van der Waals surface area contributed by atoms with E-state index in [4.69, 9.17) is 4.74 Å². The fourth-order valence-electron chi connectivity index (χ4n) is 2.02. The Morgan fingerprint density at radius 2 is 2.06 bits per heavy atom. The Hall–Kier alpha value is -1.13. The topological polar surface area (TPSA) is 24.5 Å². The first-order chi connectivity index (χ1) is 8.22. The van der Waals surface area contributed by atoms with Gasteiger partial charge in [-0.05, 0) is 31.7 Å². The second kappa shape index (κ2) is 5.47. The predicted molar refractivity (Wildman–Crippen MR) is 66.9 cm³/mol. The molecule has 0 aliphatic carbocycles. The van der Waals surface area contributed by atoms with Gasteiger partial charge in [0, 0.05) is 19.1 Å². The first-order valence-electron chi connectivity index (χ1n) is 6.02. The third-order valence-corrected chi connectivity index (χ3v) is 3.26. The Morgan fingerprint density at radius 3 is 2.65 bits per heavy atom. The molecule has 1 fully saturated rings. The summed E-state index contributed by atoms with van der Waals surface area (Å²) in [6.07, 6.45) is 0. The van der Waals surface area contributed by atoms with Crippen molar-refractivity contribution in [1.29, 1.82) is 0 Å². The number of nitrogens with zero attached hydrogens (tertiary/aromatic N) is 1. The number of benzene rings is 1. The van der Waals surface area contributed by atoms with Crippen LogP contribution >= 0.6 is 0 Å². The van der Waals surface area contributed by atoms with Crippen LogP contribution in [0.1, 0.15) is 18.5 Å². The molecule has 1 aromatic carbocycles. The van der Waals surface area contributed by atoms with Crippen LogP contribution in [0, 0.1) is 5.82 Å². The van der Waals surface area contributed by atoms with E-state index in [1.54, 1.807) is 6.07 Å².